The normalized spacial score (nSPS) is 11.9. The van der Waals surface area contributed by atoms with E-state index < -0.39 is 4.92 Å². The van der Waals surface area contributed by atoms with Gasteiger partial charge in [0.25, 0.3) is 11.6 Å². The molecule has 0 aliphatic heterocycles. The number of amides is 1. The molecule has 21 heavy (non-hydrogen) atoms. The molecule has 1 atom stereocenters. The number of benzene rings is 1. The zero-order valence-corrected chi connectivity index (χ0v) is 11.8. The third-order valence-corrected chi connectivity index (χ3v) is 3.05. The molecule has 1 aromatic heterocycles. The van der Waals surface area contributed by atoms with Gasteiger partial charge in [-0.1, -0.05) is 0 Å². The van der Waals surface area contributed by atoms with E-state index in [1.54, 1.807) is 17.8 Å². The van der Waals surface area contributed by atoms with Gasteiger partial charge in [-0.2, -0.15) is 5.10 Å². The number of nitrogens with zero attached hydrogens (tertiary/aromatic N) is 3. The summed E-state index contributed by atoms with van der Waals surface area (Å²) in [5.41, 5.74) is 0.883. The van der Waals surface area contributed by atoms with Crippen molar-refractivity contribution in [3.8, 4) is 0 Å². The molecule has 1 amide bonds. The van der Waals surface area contributed by atoms with Crippen LogP contribution < -0.4 is 5.32 Å². The van der Waals surface area contributed by atoms with Gasteiger partial charge in [-0.25, -0.2) is 0 Å². The number of carbonyl (C=O) groups is 1. The first-order valence-electron chi connectivity index (χ1n) is 6.50. The molecule has 0 fully saturated rings. The summed E-state index contributed by atoms with van der Waals surface area (Å²) in [7, 11) is 0. The molecule has 7 nitrogen and oxygen atoms in total. The zero-order valence-electron chi connectivity index (χ0n) is 11.8. The van der Waals surface area contributed by atoms with Gasteiger partial charge in [-0.15, -0.1) is 0 Å². The molecule has 0 spiro atoms. The molecule has 110 valence electrons. The summed E-state index contributed by atoms with van der Waals surface area (Å²) in [5.74, 6) is -0.257. The van der Waals surface area contributed by atoms with Crippen LogP contribution in [0.4, 0.5) is 5.69 Å². The molecule has 0 aliphatic rings. The van der Waals surface area contributed by atoms with Crippen molar-refractivity contribution in [3.05, 3.63) is 57.9 Å². The largest absolute Gasteiger partial charge is 0.348 e. The van der Waals surface area contributed by atoms with E-state index in [4.69, 9.17) is 0 Å². The Bertz CT molecular complexity index is 652. The number of hydrogen-bond donors (Lipinski definition) is 1. The molecule has 2 aromatic rings. The molecule has 0 unspecified atom stereocenters. The van der Waals surface area contributed by atoms with Crippen molar-refractivity contribution in [3.63, 3.8) is 0 Å². The fraction of sp³-hybridized carbons (Fsp3) is 0.286. The van der Waals surface area contributed by atoms with Crippen LogP contribution in [-0.4, -0.2) is 26.7 Å². The van der Waals surface area contributed by atoms with E-state index in [1.165, 1.54) is 18.2 Å². The smallest absolute Gasteiger partial charge is 0.272 e. The van der Waals surface area contributed by atoms with Gasteiger partial charge in [0.1, 0.15) is 0 Å². The summed E-state index contributed by atoms with van der Waals surface area (Å²) in [6, 6.07) is 6.04. The first-order valence-corrected chi connectivity index (χ1v) is 6.50. The lowest BCUT2D eigenvalue weighted by molar-refractivity contribution is -0.385. The number of nitrogens with one attached hydrogen (secondary N) is 1. The minimum atomic E-state index is -0.461. The molecule has 1 N–H and O–H groups in total. The summed E-state index contributed by atoms with van der Waals surface area (Å²) >= 11 is 0. The van der Waals surface area contributed by atoms with Gasteiger partial charge in [0.15, 0.2) is 0 Å². The molecule has 0 bridgehead atoms. The molecule has 1 aromatic carbocycles. The Labute approximate surface area is 121 Å². The average molecular weight is 288 g/mol. The summed E-state index contributed by atoms with van der Waals surface area (Å²) in [6.07, 6.45) is 3.49. The first kappa shape index (κ1) is 14.7. The molecule has 0 radical (unpaired) electrons. The number of carbonyl (C=O) groups excluding carboxylic acids is 1. The van der Waals surface area contributed by atoms with Crippen molar-refractivity contribution in [1.29, 1.82) is 0 Å². The topological polar surface area (TPSA) is 90.1 Å². The molecule has 1 heterocycles. The standard InChI is InChI=1S/C14H16N4O3/c1-10-8-12(4-5-13(10)18(20)21)14(19)16-11(2)9-17-7-3-6-15-17/h3-8,11H,9H2,1-2H3,(H,16,19)/t11-/m1/s1. The summed E-state index contributed by atoms with van der Waals surface area (Å²) in [5, 5.41) is 17.7. The molecule has 0 saturated heterocycles. The summed E-state index contributed by atoms with van der Waals surface area (Å²) < 4.78 is 1.73. The monoisotopic (exact) mass is 288 g/mol. The maximum absolute atomic E-state index is 12.1. The Morgan fingerprint density at radius 1 is 1.52 bits per heavy atom. The third-order valence-electron chi connectivity index (χ3n) is 3.05. The Hall–Kier alpha value is -2.70. The van der Waals surface area contributed by atoms with Crippen molar-refractivity contribution in [2.24, 2.45) is 0 Å². The number of nitro benzene ring substituents is 1. The van der Waals surface area contributed by atoms with Crippen molar-refractivity contribution >= 4 is 11.6 Å². The van der Waals surface area contributed by atoms with E-state index >= 15 is 0 Å². The van der Waals surface area contributed by atoms with Crippen LogP contribution in [0.5, 0.6) is 0 Å². The van der Waals surface area contributed by atoms with Crippen LogP contribution in [-0.2, 0) is 6.54 Å². The van der Waals surface area contributed by atoms with Crippen LogP contribution in [0.2, 0.25) is 0 Å². The highest BCUT2D eigenvalue weighted by atomic mass is 16.6. The fourth-order valence-electron chi connectivity index (χ4n) is 2.04. The SMILES string of the molecule is Cc1cc(C(=O)N[C@H](C)Cn2cccn2)ccc1[N+](=O)[O-]. The van der Waals surface area contributed by atoms with E-state index in [0.29, 0.717) is 17.7 Å². The molecule has 7 heteroatoms. The van der Waals surface area contributed by atoms with Gasteiger partial charge in [0, 0.05) is 35.6 Å². The second-order valence-corrected chi connectivity index (χ2v) is 4.86. The van der Waals surface area contributed by atoms with Gasteiger partial charge in [-0.3, -0.25) is 19.6 Å². The molecular formula is C14H16N4O3. The lowest BCUT2D eigenvalue weighted by Crippen LogP contribution is -2.35. The van der Waals surface area contributed by atoms with Crippen LogP contribution in [0.25, 0.3) is 0 Å². The predicted molar refractivity (Wildman–Crippen MR) is 77.0 cm³/mol. The van der Waals surface area contributed by atoms with Crippen LogP contribution in [0, 0.1) is 17.0 Å². The van der Waals surface area contributed by atoms with Gasteiger partial charge in [-0.05, 0) is 32.0 Å². The van der Waals surface area contributed by atoms with Crippen molar-refractivity contribution < 1.29 is 9.72 Å². The minimum Gasteiger partial charge on any atom is -0.348 e. The highest BCUT2D eigenvalue weighted by molar-refractivity contribution is 5.94. The van der Waals surface area contributed by atoms with Crippen LogP contribution in [0.3, 0.4) is 0 Å². The molecule has 0 saturated carbocycles. The minimum absolute atomic E-state index is 0.0103. The second kappa shape index (κ2) is 6.17. The average Bonchev–Trinajstić information content (AvgIpc) is 2.90. The van der Waals surface area contributed by atoms with Crippen LogP contribution in [0.15, 0.2) is 36.7 Å². The van der Waals surface area contributed by atoms with E-state index in [1.807, 2.05) is 19.2 Å². The van der Waals surface area contributed by atoms with Gasteiger partial charge < -0.3 is 5.32 Å². The summed E-state index contributed by atoms with van der Waals surface area (Å²) in [4.78, 5) is 22.4. The van der Waals surface area contributed by atoms with Gasteiger partial charge in [0.2, 0.25) is 0 Å². The Morgan fingerprint density at radius 3 is 2.86 bits per heavy atom. The van der Waals surface area contributed by atoms with Gasteiger partial charge >= 0.3 is 0 Å². The lowest BCUT2D eigenvalue weighted by atomic mass is 10.1. The lowest BCUT2D eigenvalue weighted by Gasteiger charge is -2.14. The van der Waals surface area contributed by atoms with Crippen molar-refractivity contribution in [1.82, 2.24) is 15.1 Å². The summed E-state index contributed by atoms with van der Waals surface area (Å²) in [6.45, 7) is 4.05. The highest BCUT2D eigenvalue weighted by Gasteiger charge is 2.15. The Balaban J connectivity index is 2.03. The van der Waals surface area contributed by atoms with Crippen LogP contribution in [0.1, 0.15) is 22.8 Å². The van der Waals surface area contributed by atoms with E-state index in [9.17, 15) is 14.9 Å². The maximum Gasteiger partial charge on any atom is 0.272 e. The number of aryl methyl sites for hydroxylation is 1. The van der Waals surface area contributed by atoms with Gasteiger partial charge in [0.05, 0.1) is 11.5 Å². The number of hydrogen-bond acceptors (Lipinski definition) is 4. The Morgan fingerprint density at radius 2 is 2.29 bits per heavy atom. The second-order valence-electron chi connectivity index (χ2n) is 4.86. The van der Waals surface area contributed by atoms with Crippen LogP contribution >= 0.6 is 0 Å². The number of aromatic nitrogens is 2. The van der Waals surface area contributed by atoms with E-state index in [0.717, 1.165) is 0 Å². The maximum atomic E-state index is 12.1. The molecule has 2 rings (SSSR count). The number of nitro groups is 1. The molecule has 0 aliphatic carbocycles. The predicted octanol–water partition coefficient (Wildman–Crippen LogP) is 1.92. The van der Waals surface area contributed by atoms with E-state index in [-0.39, 0.29) is 17.6 Å². The Kier molecular flexibility index (Phi) is 4.32. The quantitative estimate of drug-likeness (QED) is 0.672. The van der Waals surface area contributed by atoms with E-state index in [2.05, 4.69) is 10.4 Å². The van der Waals surface area contributed by atoms with Crippen molar-refractivity contribution in [2.45, 2.75) is 26.4 Å². The first-order chi connectivity index (χ1) is 9.97. The zero-order chi connectivity index (χ0) is 15.4. The highest BCUT2D eigenvalue weighted by Crippen LogP contribution is 2.18. The molecular weight excluding hydrogens is 272 g/mol. The fourth-order valence-corrected chi connectivity index (χ4v) is 2.04. The third kappa shape index (κ3) is 3.65. The number of rotatable bonds is 5. The van der Waals surface area contributed by atoms with Crippen molar-refractivity contribution in [2.75, 3.05) is 0 Å².